The molecule has 0 bridgehead atoms. The molecule has 0 heterocycles. The number of likely N-dealkylation sites (N-methyl/N-ethyl adjacent to an activating group) is 1. The van der Waals surface area contributed by atoms with Crippen LogP contribution in [0.3, 0.4) is 0 Å². The fourth-order valence-corrected chi connectivity index (χ4v) is 3.15. The number of aliphatic imine (C=N–C) groups is 1. The Balaban J connectivity index is 1.89. The predicted octanol–water partition coefficient (Wildman–Crippen LogP) is 4.41. The first-order valence-corrected chi connectivity index (χ1v) is 10.2. The Bertz CT molecular complexity index is 897. The normalized spacial score (nSPS) is 11.7. The summed E-state index contributed by atoms with van der Waals surface area (Å²) in [4.78, 5) is 19.8. The third kappa shape index (κ3) is 6.13. The van der Waals surface area contributed by atoms with Gasteiger partial charge in [0, 0.05) is 17.7 Å². The smallest absolute Gasteiger partial charge is 0.315 e. The molecule has 0 fully saturated rings. The fourth-order valence-electron chi connectivity index (χ4n) is 3.15. The van der Waals surface area contributed by atoms with E-state index in [-0.39, 0.29) is 5.97 Å². The second kappa shape index (κ2) is 11.1. The van der Waals surface area contributed by atoms with Crippen molar-refractivity contribution in [3.8, 4) is 0 Å². The van der Waals surface area contributed by atoms with Crippen LogP contribution >= 0.6 is 0 Å². The Morgan fingerprint density at radius 1 is 0.833 bits per heavy atom. The highest BCUT2D eigenvalue weighted by Gasteiger charge is 2.22. The molecule has 3 rings (SSSR count). The van der Waals surface area contributed by atoms with Crippen LogP contribution in [0.5, 0.6) is 0 Å². The number of esters is 1. The zero-order chi connectivity index (χ0) is 21.2. The first-order valence-electron chi connectivity index (χ1n) is 10.2. The molecule has 30 heavy (non-hydrogen) atoms. The summed E-state index contributed by atoms with van der Waals surface area (Å²) in [6, 6.07) is 29.9. The van der Waals surface area contributed by atoms with E-state index in [9.17, 15) is 4.79 Å². The summed E-state index contributed by atoms with van der Waals surface area (Å²) in [6.07, 6.45) is 0. The van der Waals surface area contributed by atoms with Crippen LogP contribution in [0.25, 0.3) is 0 Å². The van der Waals surface area contributed by atoms with Crippen LogP contribution in [0.4, 0.5) is 0 Å². The lowest BCUT2D eigenvalue weighted by atomic mass is 9.98. The lowest BCUT2D eigenvalue weighted by molar-refractivity contribution is -0.145. The Hall–Kier alpha value is -3.24. The summed E-state index contributed by atoms with van der Waals surface area (Å²) >= 11 is 0. The van der Waals surface area contributed by atoms with Gasteiger partial charge < -0.3 is 9.64 Å². The summed E-state index contributed by atoms with van der Waals surface area (Å²) in [5, 5.41) is 0. The van der Waals surface area contributed by atoms with Gasteiger partial charge in [0.2, 0.25) is 0 Å². The number of benzene rings is 3. The van der Waals surface area contributed by atoms with Gasteiger partial charge in [0.05, 0.1) is 12.3 Å². The zero-order valence-electron chi connectivity index (χ0n) is 17.6. The molecular formula is C26H28N2O2. The van der Waals surface area contributed by atoms with E-state index < -0.39 is 5.92 Å². The van der Waals surface area contributed by atoms with Gasteiger partial charge in [0.25, 0.3) is 0 Å². The Kier molecular flexibility index (Phi) is 7.93. The van der Waals surface area contributed by atoms with Gasteiger partial charge in [-0.15, -0.1) is 0 Å². The number of nitrogens with zero attached hydrogens (tertiary/aromatic N) is 2. The van der Waals surface area contributed by atoms with E-state index in [1.165, 1.54) is 0 Å². The maximum absolute atomic E-state index is 12.9. The average Bonchev–Trinajstić information content (AvgIpc) is 2.78. The SMILES string of the molecule is CN(C)CCOC(=O)C(CN=C(c1ccccc1)c1ccccc1)c1ccccc1. The van der Waals surface area contributed by atoms with Gasteiger partial charge in [-0.3, -0.25) is 9.79 Å². The second-order valence-corrected chi connectivity index (χ2v) is 7.36. The first kappa shape index (κ1) is 21.5. The zero-order valence-corrected chi connectivity index (χ0v) is 17.6. The van der Waals surface area contributed by atoms with Gasteiger partial charge in [-0.2, -0.15) is 0 Å². The highest BCUT2D eigenvalue weighted by Crippen LogP contribution is 2.20. The molecule has 0 saturated heterocycles. The van der Waals surface area contributed by atoms with Crippen molar-refractivity contribution in [3.05, 3.63) is 108 Å². The van der Waals surface area contributed by atoms with Crippen molar-refractivity contribution < 1.29 is 9.53 Å². The van der Waals surface area contributed by atoms with E-state index in [1.54, 1.807) is 0 Å². The van der Waals surface area contributed by atoms with E-state index >= 15 is 0 Å². The van der Waals surface area contributed by atoms with E-state index in [0.717, 1.165) is 22.4 Å². The van der Waals surface area contributed by atoms with Gasteiger partial charge in [-0.1, -0.05) is 91.0 Å². The van der Waals surface area contributed by atoms with Crippen molar-refractivity contribution in [2.24, 2.45) is 4.99 Å². The molecule has 3 aromatic carbocycles. The maximum atomic E-state index is 12.9. The third-order valence-electron chi connectivity index (χ3n) is 4.80. The number of ether oxygens (including phenoxy) is 1. The molecule has 0 amide bonds. The van der Waals surface area contributed by atoms with Crippen molar-refractivity contribution in [3.63, 3.8) is 0 Å². The van der Waals surface area contributed by atoms with Gasteiger partial charge in [0.1, 0.15) is 12.5 Å². The van der Waals surface area contributed by atoms with Crippen molar-refractivity contribution in [1.29, 1.82) is 0 Å². The Labute approximate surface area is 178 Å². The number of hydrogen-bond donors (Lipinski definition) is 0. The van der Waals surface area contributed by atoms with Crippen LogP contribution in [0.2, 0.25) is 0 Å². The van der Waals surface area contributed by atoms with Crippen LogP contribution < -0.4 is 0 Å². The summed E-state index contributed by atoms with van der Waals surface area (Å²) in [7, 11) is 3.91. The van der Waals surface area contributed by atoms with Gasteiger partial charge in [0.15, 0.2) is 0 Å². The molecule has 0 aliphatic rings. The molecule has 0 saturated carbocycles. The van der Waals surface area contributed by atoms with Gasteiger partial charge in [-0.25, -0.2) is 0 Å². The highest BCUT2D eigenvalue weighted by atomic mass is 16.5. The van der Waals surface area contributed by atoms with Crippen LogP contribution in [0.15, 0.2) is 96.0 Å². The maximum Gasteiger partial charge on any atom is 0.315 e. The molecule has 4 heteroatoms. The molecule has 0 N–H and O–H groups in total. The van der Waals surface area contributed by atoms with Crippen LogP contribution in [-0.4, -0.2) is 50.4 Å². The topological polar surface area (TPSA) is 41.9 Å². The van der Waals surface area contributed by atoms with Crippen LogP contribution in [-0.2, 0) is 9.53 Å². The molecule has 3 aromatic rings. The largest absolute Gasteiger partial charge is 0.464 e. The molecule has 4 nitrogen and oxygen atoms in total. The van der Waals surface area contributed by atoms with Crippen LogP contribution in [0.1, 0.15) is 22.6 Å². The Morgan fingerprint density at radius 2 is 1.33 bits per heavy atom. The number of carbonyl (C=O) groups is 1. The highest BCUT2D eigenvalue weighted by molar-refractivity contribution is 6.13. The average molecular weight is 401 g/mol. The summed E-state index contributed by atoms with van der Waals surface area (Å²) in [5.74, 6) is -0.692. The molecule has 0 aliphatic heterocycles. The number of carbonyl (C=O) groups excluding carboxylic acids is 1. The summed E-state index contributed by atoms with van der Waals surface area (Å²) in [5.41, 5.74) is 3.84. The van der Waals surface area contributed by atoms with Crippen LogP contribution in [0, 0.1) is 0 Å². The van der Waals surface area contributed by atoms with Crippen molar-refractivity contribution in [1.82, 2.24) is 4.90 Å². The van der Waals surface area contributed by atoms with Crippen molar-refractivity contribution in [2.45, 2.75) is 5.92 Å². The standard InChI is InChI=1S/C26H28N2O2/c1-28(2)18-19-30-26(29)24(21-12-6-3-7-13-21)20-27-25(22-14-8-4-9-15-22)23-16-10-5-11-17-23/h3-17,24H,18-20H2,1-2H3. The lowest BCUT2D eigenvalue weighted by Gasteiger charge is -2.17. The minimum Gasteiger partial charge on any atom is -0.464 e. The molecule has 154 valence electrons. The quantitative estimate of drug-likeness (QED) is 0.395. The van der Waals surface area contributed by atoms with Crippen molar-refractivity contribution in [2.75, 3.05) is 33.8 Å². The monoisotopic (exact) mass is 400 g/mol. The third-order valence-corrected chi connectivity index (χ3v) is 4.80. The molecule has 1 atom stereocenters. The van der Waals surface area contributed by atoms with Gasteiger partial charge >= 0.3 is 5.97 Å². The molecule has 0 spiro atoms. The van der Waals surface area contributed by atoms with Crippen molar-refractivity contribution >= 4 is 11.7 Å². The predicted molar refractivity (Wildman–Crippen MR) is 122 cm³/mol. The minimum atomic E-state index is -0.448. The summed E-state index contributed by atoms with van der Waals surface area (Å²) in [6.45, 7) is 1.38. The van der Waals surface area contributed by atoms with E-state index in [1.807, 2.05) is 110 Å². The molecular weight excluding hydrogens is 372 g/mol. The molecule has 0 aliphatic carbocycles. The molecule has 0 radical (unpaired) electrons. The number of hydrogen-bond acceptors (Lipinski definition) is 4. The minimum absolute atomic E-state index is 0.243. The van der Waals surface area contributed by atoms with E-state index in [0.29, 0.717) is 19.7 Å². The lowest BCUT2D eigenvalue weighted by Crippen LogP contribution is -2.24. The molecule has 1 unspecified atom stereocenters. The first-order chi connectivity index (χ1) is 14.6. The number of rotatable bonds is 9. The second-order valence-electron chi connectivity index (χ2n) is 7.36. The Morgan fingerprint density at radius 3 is 1.83 bits per heavy atom. The summed E-state index contributed by atoms with van der Waals surface area (Å²) < 4.78 is 5.56. The van der Waals surface area contributed by atoms with E-state index in [4.69, 9.17) is 9.73 Å². The molecule has 0 aromatic heterocycles. The van der Waals surface area contributed by atoms with Gasteiger partial charge in [-0.05, 0) is 19.7 Å². The van der Waals surface area contributed by atoms with E-state index in [2.05, 4.69) is 0 Å². The fraction of sp³-hybridized carbons (Fsp3) is 0.231.